The van der Waals surface area contributed by atoms with Gasteiger partial charge in [0.1, 0.15) is 11.4 Å². The molecule has 106 valence electrons. The van der Waals surface area contributed by atoms with Crippen LogP contribution in [0.1, 0.15) is 11.8 Å². The summed E-state index contributed by atoms with van der Waals surface area (Å²) in [6, 6.07) is 7.24. The zero-order valence-corrected chi connectivity index (χ0v) is 13.3. The van der Waals surface area contributed by atoms with Crippen LogP contribution in [0.4, 0.5) is 17.1 Å². The lowest BCUT2D eigenvalue weighted by Gasteiger charge is -2.10. The summed E-state index contributed by atoms with van der Waals surface area (Å²) in [5.41, 5.74) is 1.15. The molecular formula is C13H14BrN3O2S. The van der Waals surface area contributed by atoms with Crippen molar-refractivity contribution in [2.45, 2.75) is 13.5 Å². The Morgan fingerprint density at radius 2 is 2.05 bits per heavy atom. The molecule has 5 nitrogen and oxygen atoms in total. The summed E-state index contributed by atoms with van der Waals surface area (Å²) in [7, 11) is 0. The molecule has 0 aliphatic carbocycles. The Morgan fingerprint density at radius 1 is 1.35 bits per heavy atom. The number of hydrogen-bond acceptors (Lipinski definition) is 5. The second kappa shape index (κ2) is 6.71. The lowest BCUT2D eigenvalue weighted by Crippen LogP contribution is -2.06. The number of nitro benzene ring substituents is 1. The molecule has 1 aromatic heterocycles. The quantitative estimate of drug-likeness (QED) is 0.592. The van der Waals surface area contributed by atoms with Crippen LogP contribution in [0.25, 0.3) is 0 Å². The topological polar surface area (TPSA) is 67.2 Å². The van der Waals surface area contributed by atoms with Gasteiger partial charge in [0.2, 0.25) is 0 Å². The maximum Gasteiger partial charge on any atom is 0.315 e. The zero-order chi connectivity index (χ0) is 14.5. The molecule has 0 unspecified atom stereocenters. The lowest BCUT2D eigenvalue weighted by molar-refractivity contribution is -0.383. The molecule has 2 N–H and O–H groups in total. The predicted molar refractivity (Wildman–Crippen MR) is 86.6 cm³/mol. The molecule has 0 fully saturated rings. The first-order valence-electron chi connectivity index (χ1n) is 6.10. The van der Waals surface area contributed by atoms with Gasteiger partial charge in [-0.15, -0.1) is 11.3 Å². The molecule has 7 heteroatoms. The maximum atomic E-state index is 11.3. The summed E-state index contributed by atoms with van der Waals surface area (Å²) < 4.78 is 1.02. The van der Waals surface area contributed by atoms with Gasteiger partial charge in [0.25, 0.3) is 0 Å². The Hall–Kier alpha value is -1.60. The van der Waals surface area contributed by atoms with Crippen LogP contribution in [0.2, 0.25) is 0 Å². The number of hydrogen-bond donors (Lipinski definition) is 2. The first-order chi connectivity index (χ1) is 9.61. The molecule has 0 aliphatic rings. The Morgan fingerprint density at radius 3 is 2.60 bits per heavy atom. The summed E-state index contributed by atoms with van der Waals surface area (Å²) in [6.07, 6.45) is 0. The van der Waals surface area contributed by atoms with Crippen LogP contribution in [0, 0.1) is 10.1 Å². The highest BCUT2D eigenvalue weighted by Gasteiger charge is 2.19. The highest BCUT2D eigenvalue weighted by atomic mass is 79.9. The van der Waals surface area contributed by atoms with Crippen LogP contribution < -0.4 is 10.6 Å². The summed E-state index contributed by atoms with van der Waals surface area (Å²) in [5.74, 6) is 0. The molecule has 0 aliphatic heterocycles. The van der Waals surface area contributed by atoms with Crippen molar-refractivity contribution in [3.05, 3.63) is 49.1 Å². The minimum Gasteiger partial charge on any atom is -0.380 e. The maximum absolute atomic E-state index is 11.3. The smallest absolute Gasteiger partial charge is 0.315 e. The van der Waals surface area contributed by atoms with E-state index in [1.165, 1.54) is 0 Å². The van der Waals surface area contributed by atoms with Gasteiger partial charge in [-0.1, -0.05) is 6.07 Å². The molecule has 0 saturated carbocycles. The Bertz CT molecular complexity index is 615. The first-order valence-corrected chi connectivity index (χ1v) is 7.77. The molecule has 1 aromatic carbocycles. The molecule has 0 radical (unpaired) electrons. The van der Waals surface area contributed by atoms with E-state index in [1.54, 1.807) is 29.5 Å². The number of nitro groups is 1. The molecule has 0 amide bonds. The van der Waals surface area contributed by atoms with Gasteiger partial charge in [0.05, 0.1) is 4.92 Å². The molecule has 0 atom stereocenters. The number of nitrogens with one attached hydrogen (secondary N) is 2. The van der Waals surface area contributed by atoms with Crippen molar-refractivity contribution in [1.29, 1.82) is 0 Å². The van der Waals surface area contributed by atoms with Gasteiger partial charge in [-0.25, -0.2) is 0 Å². The third kappa shape index (κ3) is 3.49. The fourth-order valence-electron chi connectivity index (χ4n) is 1.84. The normalized spacial score (nSPS) is 10.3. The summed E-state index contributed by atoms with van der Waals surface area (Å²) in [4.78, 5) is 12.0. The number of nitrogens with zero attached hydrogens (tertiary/aromatic N) is 1. The average Bonchev–Trinajstić information content (AvgIpc) is 2.82. The van der Waals surface area contributed by atoms with E-state index in [9.17, 15) is 10.1 Å². The van der Waals surface area contributed by atoms with Gasteiger partial charge in [-0.3, -0.25) is 10.1 Å². The van der Waals surface area contributed by atoms with E-state index in [2.05, 4.69) is 26.6 Å². The molecule has 1 heterocycles. The van der Waals surface area contributed by atoms with E-state index in [0.717, 1.165) is 9.35 Å². The number of para-hydroxylation sites is 1. The summed E-state index contributed by atoms with van der Waals surface area (Å²) in [5, 5.41) is 19.4. The third-order valence-corrected chi connectivity index (χ3v) is 4.36. The van der Waals surface area contributed by atoms with Gasteiger partial charge in [0, 0.05) is 27.8 Å². The van der Waals surface area contributed by atoms with Crippen LogP contribution in [-0.2, 0) is 6.54 Å². The standard InChI is InChI=1S/C13H14BrN3O2S/c1-2-15-11-4-3-5-12(13(11)17(18)19)16-7-10-6-9(14)8-20-10/h3-6,8,15-16H,2,7H2,1H3. The van der Waals surface area contributed by atoms with Crippen LogP contribution in [0.5, 0.6) is 0 Å². The minimum atomic E-state index is -0.356. The predicted octanol–water partition coefficient (Wildman–Crippen LogP) is 4.46. The van der Waals surface area contributed by atoms with E-state index in [4.69, 9.17) is 0 Å². The van der Waals surface area contributed by atoms with Crippen LogP contribution in [0.15, 0.2) is 34.1 Å². The largest absolute Gasteiger partial charge is 0.380 e. The molecule has 0 saturated heterocycles. The van der Waals surface area contributed by atoms with E-state index in [1.807, 2.05) is 18.4 Å². The van der Waals surface area contributed by atoms with Gasteiger partial charge in [-0.2, -0.15) is 0 Å². The lowest BCUT2D eigenvalue weighted by atomic mass is 10.2. The van der Waals surface area contributed by atoms with Crippen LogP contribution >= 0.6 is 27.3 Å². The van der Waals surface area contributed by atoms with Gasteiger partial charge in [0.15, 0.2) is 0 Å². The van der Waals surface area contributed by atoms with Crippen LogP contribution in [-0.4, -0.2) is 11.5 Å². The number of thiophene rings is 1. The van der Waals surface area contributed by atoms with Crippen molar-refractivity contribution in [3.8, 4) is 0 Å². The number of halogens is 1. The Balaban J connectivity index is 2.22. The van der Waals surface area contributed by atoms with Crippen LogP contribution in [0.3, 0.4) is 0 Å². The van der Waals surface area contributed by atoms with E-state index < -0.39 is 0 Å². The summed E-state index contributed by atoms with van der Waals surface area (Å²) >= 11 is 5.00. The highest BCUT2D eigenvalue weighted by Crippen LogP contribution is 2.33. The van der Waals surface area contributed by atoms with Crippen molar-refractivity contribution in [3.63, 3.8) is 0 Å². The zero-order valence-electron chi connectivity index (χ0n) is 10.9. The summed E-state index contributed by atoms with van der Waals surface area (Å²) in [6.45, 7) is 3.11. The highest BCUT2D eigenvalue weighted by molar-refractivity contribution is 9.10. The van der Waals surface area contributed by atoms with Crippen molar-refractivity contribution < 1.29 is 4.92 Å². The van der Waals surface area contributed by atoms with Crippen molar-refractivity contribution >= 4 is 44.3 Å². The molecule has 0 bridgehead atoms. The molecule has 2 aromatic rings. The monoisotopic (exact) mass is 355 g/mol. The first kappa shape index (κ1) is 14.8. The van der Waals surface area contributed by atoms with E-state index in [-0.39, 0.29) is 10.6 Å². The van der Waals surface area contributed by atoms with Crippen molar-refractivity contribution in [2.75, 3.05) is 17.2 Å². The average molecular weight is 356 g/mol. The van der Waals surface area contributed by atoms with E-state index in [0.29, 0.717) is 24.5 Å². The second-order valence-electron chi connectivity index (χ2n) is 4.07. The Kier molecular flexibility index (Phi) is 4.97. The fourth-order valence-corrected chi connectivity index (χ4v) is 3.24. The SMILES string of the molecule is CCNc1cccc(NCc2cc(Br)cs2)c1[N+](=O)[O-]. The fraction of sp³-hybridized carbons (Fsp3) is 0.231. The molecule has 2 rings (SSSR count). The van der Waals surface area contributed by atoms with E-state index >= 15 is 0 Å². The number of rotatable bonds is 6. The molecule has 20 heavy (non-hydrogen) atoms. The molecule has 0 spiro atoms. The van der Waals surface area contributed by atoms with Gasteiger partial charge >= 0.3 is 5.69 Å². The second-order valence-corrected chi connectivity index (χ2v) is 5.99. The number of anilines is 2. The van der Waals surface area contributed by atoms with Crippen molar-refractivity contribution in [2.24, 2.45) is 0 Å². The van der Waals surface area contributed by atoms with Gasteiger partial charge in [-0.05, 0) is 41.1 Å². The Labute approximate surface area is 129 Å². The van der Waals surface area contributed by atoms with Gasteiger partial charge < -0.3 is 10.6 Å². The van der Waals surface area contributed by atoms with Crippen molar-refractivity contribution in [1.82, 2.24) is 0 Å². The molecular weight excluding hydrogens is 342 g/mol. The minimum absolute atomic E-state index is 0.0879. The third-order valence-electron chi connectivity index (χ3n) is 2.66. The number of benzene rings is 1.